The Morgan fingerprint density at radius 1 is 1.32 bits per heavy atom. The molecule has 108 valence electrons. The van der Waals surface area contributed by atoms with E-state index in [0.29, 0.717) is 18.0 Å². The first-order valence-corrected chi connectivity index (χ1v) is 8.53. The second kappa shape index (κ2) is 6.57. The van der Waals surface area contributed by atoms with Gasteiger partial charge in [0.15, 0.2) is 0 Å². The minimum atomic E-state index is 0.351. The van der Waals surface area contributed by atoms with Crippen LogP contribution in [-0.2, 0) is 0 Å². The lowest BCUT2D eigenvalue weighted by Gasteiger charge is -2.43. The topological polar surface area (TPSA) is 29.3 Å². The fourth-order valence-electron chi connectivity index (χ4n) is 3.22. The number of rotatable bonds is 5. The monoisotopic (exact) mass is 300 g/mol. The average molecular weight is 301 g/mol. The molecule has 1 aliphatic rings. The Labute approximate surface area is 125 Å². The molecule has 4 heteroatoms. The Morgan fingerprint density at radius 3 is 2.37 bits per heavy atom. The van der Waals surface area contributed by atoms with E-state index in [1.54, 1.807) is 11.3 Å². The Morgan fingerprint density at radius 2 is 1.95 bits per heavy atom. The van der Waals surface area contributed by atoms with Crippen molar-refractivity contribution in [3.8, 4) is 0 Å². The molecule has 1 unspecified atom stereocenters. The molecule has 2 rings (SSSR count). The van der Waals surface area contributed by atoms with Gasteiger partial charge in [-0.05, 0) is 43.5 Å². The van der Waals surface area contributed by atoms with E-state index in [1.807, 2.05) is 6.07 Å². The minimum Gasteiger partial charge on any atom is -0.329 e. The van der Waals surface area contributed by atoms with E-state index in [1.165, 1.54) is 43.6 Å². The standard InChI is InChI=1S/C15H25ClN2S/c1-3-15(4-2)7-9-18(10-8-15)12(11-17)13-5-6-14(16)19-13/h5-6,12H,3-4,7-11,17H2,1-2H3. The molecule has 0 bridgehead atoms. The number of thiophene rings is 1. The molecule has 1 aromatic rings. The molecule has 1 saturated heterocycles. The van der Waals surface area contributed by atoms with Crippen molar-refractivity contribution in [2.24, 2.45) is 11.1 Å². The van der Waals surface area contributed by atoms with Gasteiger partial charge >= 0.3 is 0 Å². The van der Waals surface area contributed by atoms with Crippen LogP contribution in [0.5, 0.6) is 0 Å². The molecular weight excluding hydrogens is 276 g/mol. The third-order valence-electron chi connectivity index (χ3n) is 4.95. The first kappa shape index (κ1) is 15.3. The normalized spacial score (nSPS) is 21.5. The summed E-state index contributed by atoms with van der Waals surface area (Å²) < 4.78 is 0.863. The van der Waals surface area contributed by atoms with E-state index < -0.39 is 0 Å². The highest BCUT2D eigenvalue weighted by Crippen LogP contribution is 2.40. The zero-order valence-corrected chi connectivity index (χ0v) is 13.6. The third-order valence-corrected chi connectivity index (χ3v) is 6.28. The van der Waals surface area contributed by atoms with Gasteiger partial charge in [0.2, 0.25) is 0 Å². The smallest absolute Gasteiger partial charge is 0.0931 e. The number of halogens is 1. The first-order valence-electron chi connectivity index (χ1n) is 7.33. The van der Waals surface area contributed by atoms with Crippen LogP contribution in [0.25, 0.3) is 0 Å². The summed E-state index contributed by atoms with van der Waals surface area (Å²) in [4.78, 5) is 3.86. The van der Waals surface area contributed by atoms with Gasteiger partial charge < -0.3 is 5.73 Å². The Balaban J connectivity index is 2.03. The predicted octanol–water partition coefficient (Wildman–Crippen LogP) is 4.30. The molecule has 19 heavy (non-hydrogen) atoms. The van der Waals surface area contributed by atoms with Gasteiger partial charge in [-0.15, -0.1) is 11.3 Å². The van der Waals surface area contributed by atoms with Gasteiger partial charge in [0, 0.05) is 11.4 Å². The molecule has 0 radical (unpaired) electrons. The second-order valence-electron chi connectivity index (χ2n) is 5.64. The van der Waals surface area contributed by atoms with Crippen LogP contribution in [0.15, 0.2) is 12.1 Å². The maximum Gasteiger partial charge on any atom is 0.0931 e. The van der Waals surface area contributed by atoms with Crippen molar-refractivity contribution >= 4 is 22.9 Å². The second-order valence-corrected chi connectivity index (χ2v) is 7.38. The quantitative estimate of drug-likeness (QED) is 0.878. The van der Waals surface area contributed by atoms with Crippen molar-refractivity contribution < 1.29 is 0 Å². The minimum absolute atomic E-state index is 0.351. The summed E-state index contributed by atoms with van der Waals surface area (Å²) in [5.74, 6) is 0. The molecule has 1 fully saturated rings. The Hall–Kier alpha value is -0.0900. The largest absolute Gasteiger partial charge is 0.329 e. The van der Waals surface area contributed by atoms with Crippen LogP contribution in [0.2, 0.25) is 4.34 Å². The molecule has 0 saturated carbocycles. The SMILES string of the molecule is CCC1(CC)CCN(C(CN)c2ccc(Cl)s2)CC1. The average Bonchev–Trinajstić information content (AvgIpc) is 2.87. The van der Waals surface area contributed by atoms with Crippen LogP contribution in [0, 0.1) is 5.41 Å². The van der Waals surface area contributed by atoms with Gasteiger partial charge in [-0.2, -0.15) is 0 Å². The molecule has 1 aliphatic heterocycles. The van der Waals surface area contributed by atoms with Crippen LogP contribution in [0.1, 0.15) is 50.4 Å². The van der Waals surface area contributed by atoms with Crippen molar-refractivity contribution in [3.05, 3.63) is 21.3 Å². The van der Waals surface area contributed by atoms with Crippen molar-refractivity contribution in [2.75, 3.05) is 19.6 Å². The van der Waals surface area contributed by atoms with E-state index in [2.05, 4.69) is 24.8 Å². The van der Waals surface area contributed by atoms with Crippen LogP contribution in [0.3, 0.4) is 0 Å². The highest BCUT2D eigenvalue weighted by Gasteiger charge is 2.33. The molecule has 0 aromatic carbocycles. The van der Waals surface area contributed by atoms with Crippen molar-refractivity contribution in [2.45, 2.75) is 45.6 Å². The van der Waals surface area contributed by atoms with Gasteiger partial charge in [-0.25, -0.2) is 0 Å². The fourth-order valence-corrected chi connectivity index (χ4v) is 4.43. The van der Waals surface area contributed by atoms with E-state index in [9.17, 15) is 0 Å². The van der Waals surface area contributed by atoms with Crippen molar-refractivity contribution in [3.63, 3.8) is 0 Å². The van der Waals surface area contributed by atoms with Gasteiger partial charge in [0.1, 0.15) is 0 Å². The summed E-state index contributed by atoms with van der Waals surface area (Å²) >= 11 is 7.72. The van der Waals surface area contributed by atoms with E-state index >= 15 is 0 Å². The maximum absolute atomic E-state index is 6.05. The summed E-state index contributed by atoms with van der Waals surface area (Å²) in [6.07, 6.45) is 5.20. The fraction of sp³-hybridized carbons (Fsp3) is 0.733. The number of hydrogen-bond donors (Lipinski definition) is 1. The number of likely N-dealkylation sites (tertiary alicyclic amines) is 1. The lowest BCUT2D eigenvalue weighted by molar-refractivity contribution is 0.0690. The molecule has 2 N–H and O–H groups in total. The van der Waals surface area contributed by atoms with Crippen LogP contribution in [-0.4, -0.2) is 24.5 Å². The zero-order valence-electron chi connectivity index (χ0n) is 12.0. The van der Waals surface area contributed by atoms with Gasteiger partial charge in [0.05, 0.1) is 10.4 Å². The molecule has 2 nitrogen and oxygen atoms in total. The van der Waals surface area contributed by atoms with Crippen LogP contribution in [0.4, 0.5) is 0 Å². The molecule has 0 aliphatic carbocycles. The lowest BCUT2D eigenvalue weighted by atomic mass is 9.74. The number of nitrogens with zero attached hydrogens (tertiary/aromatic N) is 1. The Bertz CT molecular complexity index is 391. The number of hydrogen-bond acceptors (Lipinski definition) is 3. The maximum atomic E-state index is 6.05. The predicted molar refractivity (Wildman–Crippen MR) is 84.9 cm³/mol. The molecular formula is C15H25ClN2S. The highest BCUT2D eigenvalue weighted by molar-refractivity contribution is 7.16. The summed E-state index contributed by atoms with van der Waals surface area (Å²) in [6, 6.07) is 4.46. The number of nitrogens with two attached hydrogens (primary N) is 1. The summed E-state index contributed by atoms with van der Waals surface area (Å²) in [7, 11) is 0. The number of piperidine rings is 1. The zero-order chi connectivity index (χ0) is 13.9. The van der Waals surface area contributed by atoms with Crippen molar-refractivity contribution in [1.29, 1.82) is 0 Å². The molecule has 2 heterocycles. The summed E-state index contributed by atoms with van der Waals surface area (Å²) in [6.45, 7) is 7.68. The molecule has 1 aromatic heterocycles. The van der Waals surface area contributed by atoms with E-state index in [0.717, 1.165) is 4.34 Å². The summed E-state index contributed by atoms with van der Waals surface area (Å²) in [5.41, 5.74) is 6.57. The van der Waals surface area contributed by atoms with E-state index in [-0.39, 0.29) is 0 Å². The Kier molecular flexibility index (Phi) is 5.29. The molecule has 0 spiro atoms. The molecule has 1 atom stereocenters. The van der Waals surface area contributed by atoms with E-state index in [4.69, 9.17) is 17.3 Å². The van der Waals surface area contributed by atoms with Gasteiger partial charge in [-0.3, -0.25) is 4.90 Å². The molecule has 0 amide bonds. The lowest BCUT2D eigenvalue weighted by Crippen LogP contribution is -2.43. The highest BCUT2D eigenvalue weighted by atomic mass is 35.5. The third kappa shape index (κ3) is 3.33. The van der Waals surface area contributed by atoms with Crippen LogP contribution < -0.4 is 5.73 Å². The first-order chi connectivity index (χ1) is 9.14. The summed E-state index contributed by atoms with van der Waals surface area (Å²) in [5, 5.41) is 0. The van der Waals surface area contributed by atoms with Crippen LogP contribution >= 0.6 is 22.9 Å². The van der Waals surface area contributed by atoms with Gasteiger partial charge in [-0.1, -0.05) is 38.3 Å². The van der Waals surface area contributed by atoms with Gasteiger partial charge in [0.25, 0.3) is 0 Å². The van der Waals surface area contributed by atoms with Crippen molar-refractivity contribution in [1.82, 2.24) is 4.90 Å².